The zero-order valence-corrected chi connectivity index (χ0v) is 25.1. The van der Waals surface area contributed by atoms with Crippen molar-refractivity contribution >= 4 is 50.9 Å². The molecule has 0 radical (unpaired) electrons. The Hall–Kier alpha value is -2.66. The first kappa shape index (κ1) is 29.8. The highest BCUT2D eigenvalue weighted by Crippen LogP contribution is 2.38. The van der Waals surface area contributed by atoms with Crippen LogP contribution in [0.3, 0.4) is 0 Å². The number of nitrogens with zero attached hydrogens (tertiary/aromatic N) is 2. The van der Waals surface area contributed by atoms with Crippen molar-refractivity contribution in [2.45, 2.75) is 62.0 Å². The van der Waals surface area contributed by atoms with Gasteiger partial charge in [-0.15, -0.1) is 0 Å². The van der Waals surface area contributed by atoms with Crippen molar-refractivity contribution in [1.82, 2.24) is 19.8 Å². The minimum atomic E-state index is -3.84. The van der Waals surface area contributed by atoms with Crippen molar-refractivity contribution in [3.8, 4) is 0 Å². The molecule has 0 aromatic heterocycles. The number of benzene rings is 2. The van der Waals surface area contributed by atoms with E-state index < -0.39 is 28.0 Å². The van der Waals surface area contributed by atoms with E-state index in [9.17, 15) is 22.8 Å². The predicted molar refractivity (Wildman–Crippen MR) is 156 cm³/mol. The Morgan fingerprint density at radius 2 is 1.71 bits per heavy atom. The minimum Gasteiger partial charge on any atom is -0.345 e. The summed E-state index contributed by atoms with van der Waals surface area (Å²) in [5.74, 6) is -1.02. The van der Waals surface area contributed by atoms with Gasteiger partial charge in [-0.3, -0.25) is 14.4 Å². The van der Waals surface area contributed by atoms with Gasteiger partial charge in [0.1, 0.15) is 12.1 Å². The third-order valence-electron chi connectivity index (χ3n) is 8.32. The molecular formula is C29H34Cl2N4O5S. The molecule has 9 nitrogen and oxygen atoms in total. The molecule has 41 heavy (non-hydrogen) atoms. The Balaban J connectivity index is 1.44. The van der Waals surface area contributed by atoms with Crippen LogP contribution in [0.1, 0.15) is 38.2 Å². The molecular weight excluding hydrogens is 587 g/mol. The summed E-state index contributed by atoms with van der Waals surface area (Å²) in [5.41, 5.74) is 0.905. The quantitative estimate of drug-likeness (QED) is 0.544. The fourth-order valence-corrected chi connectivity index (χ4v) is 8.27. The Morgan fingerprint density at radius 3 is 2.44 bits per heavy atom. The van der Waals surface area contributed by atoms with Gasteiger partial charge in [-0.25, -0.2) is 8.42 Å². The number of sulfonamides is 1. The summed E-state index contributed by atoms with van der Waals surface area (Å²) in [6.07, 6.45) is 2.37. The predicted octanol–water partition coefficient (Wildman–Crippen LogP) is 3.25. The second-order valence-electron chi connectivity index (χ2n) is 11.3. The third kappa shape index (κ3) is 6.56. The van der Waals surface area contributed by atoms with Crippen molar-refractivity contribution in [3.05, 3.63) is 64.1 Å². The maximum atomic E-state index is 14.2. The lowest BCUT2D eigenvalue weighted by Crippen LogP contribution is -2.63. The van der Waals surface area contributed by atoms with Gasteiger partial charge in [0.15, 0.2) is 0 Å². The van der Waals surface area contributed by atoms with E-state index in [0.717, 1.165) is 12.0 Å². The first-order chi connectivity index (χ1) is 19.5. The molecule has 3 fully saturated rings. The lowest BCUT2D eigenvalue weighted by molar-refractivity contribution is -0.145. The number of fused-ring (bicyclic) bond motifs is 4. The normalized spacial score (nSPS) is 28.1. The Kier molecular flexibility index (Phi) is 8.94. The minimum absolute atomic E-state index is 0.0743. The van der Waals surface area contributed by atoms with E-state index in [0.29, 0.717) is 25.8 Å². The molecule has 2 aromatic rings. The number of piperidine rings is 2. The number of carbonyl (C=O) groups excluding carboxylic acids is 3. The molecule has 2 bridgehead atoms. The van der Waals surface area contributed by atoms with Crippen LogP contribution >= 0.6 is 23.2 Å². The van der Waals surface area contributed by atoms with Crippen LogP contribution in [0, 0.1) is 11.8 Å². The van der Waals surface area contributed by atoms with Gasteiger partial charge in [0.2, 0.25) is 27.7 Å². The van der Waals surface area contributed by atoms with Crippen LogP contribution in [0.5, 0.6) is 0 Å². The SMILES string of the molecule is C[C@H]1NC(=O)CCC[C@H]2[C@@H]3C[C@H](CN2C(=O)[C@H](Cc2ccccc2)NC1=O)CN(S(=O)(=O)c1ccc(Cl)c(Cl)c1)C3. The van der Waals surface area contributed by atoms with Gasteiger partial charge in [0, 0.05) is 38.5 Å². The molecule has 12 heteroatoms. The van der Waals surface area contributed by atoms with Gasteiger partial charge in [0.05, 0.1) is 14.9 Å². The molecule has 0 unspecified atom stereocenters. The van der Waals surface area contributed by atoms with E-state index >= 15 is 0 Å². The molecule has 0 spiro atoms. The van der Waals surface area contributed by atoms with Crippen LogP contribution in [-0.4, -0.2) is 73.1 Å². The van der Waals surface area contributed by atoms with Gasteiger partial charge in [-0.2, -0.15) is 4.31 Å². The van der Waals surface area contributed by atoms with Crippen molar-refractivity contribution in [2.24, 2.45) is 11.8 Å². The van der Waals surface area contributed by atoms with E-state index in [2.05, 4.69) is 10.6 Å². The van der Waals surface area contributed by atoms with Crippen LogP contribution in [0.25, 0.3) is 0 Å². The summed E-state index contributed by atoms with van der Waals surface area (Å²) >= 11 is 12.1. The largest absolute Gasteiger partial charge is 0.345 e. The Morgan fingerprint density at radius 1 is 0.951 bits per heavy atom. The van der Waals surface area contributed by atoms with E-state index in [1.165, 1.54) is 22.5 Å². The zero-order chi connectivity index (χ0) is 29.3. The molecule has 3 saturated heterocycles. The standard InChI is InChI=1S/C29H34Cl2N4O5S/c1-18-28(37)33-25(13-19-6-3-2-4-7-19)29(38)35-16-20-12-21(26(35)8-5-9-27(36)32-18)17-34(15-20)41(39,40)22-10-11-23(30)24(31)14-22/h2-4,6-7,10-11,14,18,20-21,25-26H,5,8-9,12-13,15-17H2,1H3,(H,32,36)(H,33,37)/t18-,20+,21-,25+,26+/m1/s1. The molecule has 0 saturated carbocycles. The highest BCUT2D eigenvalue weighted by Gasteiger charge is 2.46. The number of rotatable bonds is 4. The Labute approximate surface area is 250 Å². The maximum Gasteiger partial charge on any atom is 0.245 e. The van der Waals surface area contributed by atoms with Gasteiger partial charge in [-0.05, 0) is 61.8 Å². The summed E-state index contributed by atoms with van der Waals surface area (Å²) in [6.45, 7) is 2.49. The number of hydrogen-bond donors (Lipinski definition) is 2. The number of carbonyl (C=O) groups is 3. The average molecular weight is 622 g/mol. The summed E-state index contributed by atoms with van der Waals surface area (Å²) in [6, 6.07) is 11.9. The monoisotopic (exact) mass is 620 g/mol. The number of nitrogens with one attached hydrogen (secondary N) is 2. The molecule has 220 valence electrons. The van der Waals surface area contributed by atoms with Gasteiger partial charge >= 0.3 is 0 Å². The smallest absolute Gasteiger partial charge is 0.245 e. The maximum absolute atomic E-state index is 14.2. The van der Waals surface area contributed by atoms with Crippen LogP contribution in [0.2, 0.25) is 10.0 Å². The molecule has 2 N–H and O–H groups in total. The second-order valence-corrected chi connectivity index (χ2v) is 14.0. The summed E-state index contributed by atoms with van der Waals surface area (Å²) in [7, 11) is -3.84. The Bertz CT molecular complexity index is 1420. The van der Waals surface area contributed by atoms with Crippen LogP contribution < -0.4 is 10.6 Å². The summed E-state index contributed by atoms with van der Waals surface area (Å²) in [5, 5.41) is 6.07. The first-order valence-electron chi connectivity index (χ1n) is 13.9. The third-order valence-corrected chi connectivity index (χ3v) is 10.9. The lowest BCUT2D eigenvalue weighted by atomic mass is 9.78. The van der Waals surface area contributed by atoms with E-state index in [1.807, 2.05) is 35.2 Å². The van der Waals surface area contributed by atoms with E-state index in [4.69, 9.17) is 23.2 Å². The highest BCUT2D eigenvalue weighted by atomic mass is 35.5. The van der Waals surface area contributed by atoms with Crippen molar-refractivity contribution < 1.29 is 22.8 Å². The molecule has 3 heterocycles. The number of halogens is 2. The average Bonchev–Trinajstić information content (AvgIpc) is 2.94. The van der Waals surface area contributed by atoms with Gasteiger partial charge < -0.3 is 15.5 Å². The second kappa shape index (κ2) is 12.3. The van der Waals surface area contributed by atoms with E-state index in [-0.39, 0.29) is 64.1 Å². The molecule has 5 atom stereocenters. The van der Waals surface area contributed by atoms with Crippen LogP contribution in [0.4, 0.5) is 0 Å². The summed E-state index contributed by atoms with van der Waals surface area (Å²) in [4.78, 5) is 41.7. The zero-order valence-electron chi connectivity index (χ0n) is 22.8. The molecule has 3 aliphatic rings. The lowest BCUT2D eigenvalue weighted by Gasteiger charge is -2.51. The molecule has 3 aliphatic heterocycles. The molecule has 2 aromatic carbocycles. The van der Waals surface area contributed by atoms with Gasteiger partial charge in [0.25, 0.3) is 0 Å². The van der Waals surface area contributed by atoms with Crippen molar-refractivity contribution in [3.63, 3.8) is 0 Å². The molecule has 0 aliphatic carbocycles. The molecule has 3 amide bonds. The first-order valence-corrected chi connectivity index (χ1v) is 16.1. The topological polar surface area (TPSA) is 116 Å². The van der Waals surface area contributed by atoms with Crippen LogP contribution in [0.15, 0.2) is 53.4 Å². The van der Waals surface area contributed by atoms with Crippen molar-refractivity contribution in [2.75, 3.05) is 19.6 Å². The fourth-order valence-electron chi connectivity index (χ4n) is 6.31. The molecule has 5 rings (SSSR count). The highest BCUT2D eigenvalue weighted by molar-refractivity contribution is 7.89. The summed E-state index contributed by atoms with van der Waals surface area (Å²) < 4.78 is 28.7. The van der Waals surface area contributed by atoms with Gasteiger partial charge in [-0.1, -0.05) is 53.5 Å². The fraction of sp³-hybridized carbons (Fsp3) is 0.483. The van der Waals surface area contributed by atoms with E-state index in [1.54, 1.807) is 6.92 Å². The van der Waals surface area contributed by atoms with Crippen LogP contribution in [-0.2, 0) is 30.8 Å². The number of amides is 3. The van der Waals surface area contributed by atoms with Crippen molar-refractivity contribution in [1.29, 1.82) is 0 Å². The number of hydrogen-bond acceptors (Lipinski definition) is 5.